The van der Waals surface area contributed by atoms with Crippen molar-refractivity contribution in [1.82, 2.24) is 15.5 Å². The van der Waals surface area contributed by atoms with E-state index in [1.165, 1.54) is 6.42 Å². The summed E-state index contributed by atoms with van der Waals surface area (Å²) in [6, 6.07) is 0.297. The summed E-state index contributed by atoms with van der Waals surface area (Å²) in [7, 11) is 0. The zero-order valence-corrected chi connectivity index (χ0v) is 9.49. The average Bonchev–Trinajstić information content (AvgIpc) is 2.85. The molecule has 0 spiro atoms. The standard InChI is InChI=1S/C11H19N3O/c1-8(2)5-6-10-13-11(15-14-10)9-4-3-7-12-9/h8-9,12H,3-7H2,1-2H3/t9-/m1/s1. The second-order valence-electron chi connectivity index (χ2n) is 4.63. The molecule has 1 aliphatic heterocycles. The van der Waals surface area contributed by atoms with Crippen molar-refractivity contribution in [3.05, 3.63) is 11.7 Å². The van der Waals surface area contributed by atoms with E-state index >= 15 is 0 Å². The Hall–Kier alpha value is -0.900. The molecule has 1 N–H and O–H groups in total. The van der Waals surface area contributed by atoms with Gasteiger partial charge in [-0.3, -0.25) is 0 Å². The van der Waals surface area contributed by atoms with Gasteiger partial charge in [0.2, 0.25) is 5.89 Å². The van der Waals surface area contributed by atoms with Crippen molar-refractivity contribution < 1.29 is 4.52 Å². The van der Waals surface area contributed by atoms with Gasteiger partial charge in [-0.25, -0.2) is 0 Å². The molecular formula is C11H19N3O. The van der Waals surface area contributed by atoms with Gasteiger partial charge in [0, 0.05) is 6.42 Å². The molecule has 1 aromatic rings. The van der Waals surface area contributed by atoms with Crippen molar-refractivity contribution in [3.8, 4) is 0 Å². The van der Waals surface area contributed by atoms with Gasteiger partial charge in [-0.1, -0.05) is 19.0 Å². The Bertz CT molecular complexity index is 303. The monoisotopic (exact) mass is 209 g/mol. The van der Waals surface area contributed by atoms with Crippen LogP contribution in [0.2, 0.25) is 0 Å². The molecule has 4 heteroatoms. The molecule has 1 aliphatic rings. The number of hydrogen-bond donors (Lipinski definition) is 1. The Morgan fingerprint density at radius 1 is 1.53 bits per heavy atom. The fourth-order valence-corrected chi connectivity index (χ4v) is 1.82. The lowest BCUT2D eigenvalue weighted by atomic mass is 10.1. The highest BCUT2D eigenvalue weighted by Crippen LogP contribution is 2.21. The zero-order valence-electron chi connectivity index (χ0n) is 9.49. The quantitative estimate of drug-likeness (QED) is 0.825. The van der Waals surface area contributed by atoms with Crippen molar-refractivity contribution in [2.45, 2.75) is 45.6 Å². The molecule has 0 radical (unpaired) electrons. The largest absolute Gasteiger partial charge is 0.338 e. The maximum Gasteiger partial charge on any atom is 0.243 e. The molecule has 0 aromatic carbocycles. The first kappa shape index (κ1) is 10.6. The van der Waals surface area contributed by atoms with Crippen LogP contribution < -0.4 is 5.32 Å². The molecule has 1 saturated heterocycles. The topological polar surface area (TPSA) is 51.0 Å². The van der Waals surface area contributed by atoms with Gasteiger partial charge in [-0.15, -0.1) is 0 Å². The minimum atomic E-state index is 0.297. The van der Waals surface area contributed by atoms with Crippen molar-refractivity contribution in [2.24, 2.45) is 5.92 Å². The Labute approximate surface area is 90.4 Å². The van der Waals surface area contributed by atoms with Crippen LogP contribution >= 0.6 is 0 Å². The molecule has 2 heterocycles. The van der Waals surface area contributed by atoms with E-state index in [4.69, 9.17) is 4.52 Å². The summed E-state index contributed by atoms with van der Waals surface area (Å²) >= 11 is 0. The molecule has 0 bridgehead atoms. The van der Waals surface area contributed by atoms with Gasteiger partial charge in [0.15, 0.2) is 5.82 Å². The molecule has 0 amide bonds. The minimum Gasteiger partial charge on any atom is -0.338 e. The van der Waals surface area contributed by atoms with Crippen LogP contribution in [-0.4, -0.2) is 16.7 Å². The van der Waals surface area contributed by atoms with Crippen LogP contribution in [0.5, 0.6) is 0 Å². The molecule has 0 aliphatic carbocycles. The molecule has 1 fully saturated rings. The SMILES string of the molecule is CC(C)CCc1noc([C@H]2CCCN2)n1. The van der Waals surface area contributed by atoms with Gasteiger partial charge in [0.05, 0.1) is 6.04 Å². The molecule has 1 atom stereocenters. The summed E-state index contributed by atoms with van der Waals surface area (Å²) in [4.78, 5) is 4.42. The number of aryl methyl sites for hydroxylation is 1. The lowest BCUT2D eigenvalue weighted by Gasteiger charge is -2.01. The van der Waals surface area contributed by atoms with Crippen LogP contribution in [-0.2, 0) is 6.42 Å². The van der Waals surface area contributed by atoms with Crippen LogP contribution in [0, 0.1) is 5.92 Å². The van der Waals surface area contributed by atoms with E-state index in [9.17, 15) is 0 Å². The number of aromatic nitrogens is 2. The highest BCUT2D eigenvalue weighted by Gasteiger charge is 2.22. The summed E-state index contributed by atoms with van der Waals surface area (Å²) in [5.41, 5.74) is 0. The Morgan fingerprint density at radius 2 is 2.40 bits per heavy atom. The second kappa shape index (κ2) is 4.75. The summed E-state index contributed by atoms with van der Waals surface area (Å²) in [5, 5.41) is 7.36. The summed E-state index contributed by atoms with van der Waals surface area (Å²) in [5.74, 6) is 2.32. The molecule has 15 heavy (non-hydrogen) atoms. The Balaban J connectivity index is 1.91. The van der Waals surface area contributed by atoms with Gasteiger partial charge in [-0.05, 0) is 31.7 Å². The molecule has 2 rings (SSSR count). The minimum absolute atomic E-state index is 0.297. The van der Waals surface area contributed by atoms with Crippen LogP contribution in [0.15, 0.2) is 4.52 Å². The molecular weight excluding hydrogens is 190 g/mol. The van der Waals surface area contributed by atoms with Gasteiger partial charge >= 0.3 is 0 Å². The second-order valence-corrected chi connectivity index (χ2v) is 4.63. The first-order valence-corrected chi connectivity index (χ1v) is 5.81. The van der Waals surface area contributed by atoms with Gasteiger partial charge < -0.3 is 9.84 Å². The maximum absolute atomic E-state index is 5.26. The lowest BCUT2D eigenvalue weighted by Crippen LogP contribution is -2.13. The van der Waals surface area contributed by atoms with Crippen molar-refractivity contribution in [1.29, 1.82) is 0 Å². The first-order valence-electron chi connectivity index (χ1n) is 5.81. The molecule has 0 unspecified atom stereocenters. The average molecular weight is 209 g/mol. The summed E-state index contributed by atoms with van der Waals surface area (Å²) in [6.07, 6.45) is 4.37. The number of rotatable bonds is 4. The summed E-state index contributed by atoms with van der Waals surface area (Å²) in [6.45, 7) is 5.48. The number of nitrogens with zero attached hydrogens (tertiary/aromatic N) is 2. The lowest BCUT2D eigenvalue weighted by molar-refractivity contribution is 0.340. The smallest absolute Gasteiger partial charge is 0.243 e. The molecule has 0 saturated carbocycles. The van der Waals surface area contributed by atoms with Crippen molar-refractivity contribution >= 4 is 0 Å². The third-order valence-corrected chi connectivity index (χ3v) is 2.79. The number of nitrogens with one attached hydrogen (secondary N) is 1. The van der Waals surface area contributed by atoms with E-state index in [0.29, 0.717) is 12.0 Å². The highest BCUT2D eigenvalue weighted by atomic mass is 16.5. The third-order valence-electron chi connectivity index (χ3n) is 2.79. The van der Waals surface area contributed by atoms with E-state index in [-0.39, 0.29) is 0 Å². The normalized spacial score (nSPS) is 21.4. The summed E-state index contributed by atoms with van der Waals surface area (Å²) < 4.78 is 5.26. The van der Waals surface area contributed by atoms with Crippen molar-refractivity contribution in [3.63, 3.8) is 0 Å². The Morgan fingerprint density at radius 3 is 3.07 bits per heavy atom. The van der Waals surface area contributed by atoms with E-state index < -0.39 is 0 Å². The van der Waals surface area contributed by atoms with Gasteiger partial charge in [-0.2, -0.15) is 4.98 Å². The van der Waals surface area contributed by atoms with E-state index in [1.54, 1.807) is 0 Å². The highest BCUT2D eigenvalue weighted by molar-refractivity contribution is 4.95. The molecule has 84 valence electrons. The van der Waals surface area contributed by atoms with E-state index in [2.05, 4.69) is 29.3 Å². The zero-order chi connectivity index (χ0) is 10.7. The predicted octanol–water partition coefficient (Wildman–Crippen LogP) is 2.08. The van der Waals surface area contributed by atoms with Crippen LogP contribution in [0.4, 0.5) is 0 Å². The Kier molecular flexibility index (Phi) is 3.36. The fraction of sp³-hybridized carbons (Fsp3) is 0.818. The van der Waals surface area contributed by atoms with Crippen molar-refractivity contribution in [2.75, 3.05) is 6.54 Å². The van der Waals surface area contributed by atoms with Crippen LogP contribution in [0.3, 0.4) is 0 Å². The fourth-order valence-electron chi connectivity index (χ4n) is 1.82. The van der Waals surface area contributed by atoms with Gasteiger partial charge in [0.1, 0.15) is 0 Å². The third kappa shape index (κ3) is 2.78. The predicted molar refractivity (Wildman–Crippen MR) is 57.4 cm³/mol. The van der Waals surface area contributed by atoms with E-state index in [1.807, 2.05) is 0 Å². The molecule has 4 nitrogen and oxygen atoms in total. The van der Waals surface area contributed by atoms with Gasteiger partial charge in [0.25, 0.3) is 0 Å². The van der Waals surface area contributed by atoms with Crippen LogP contribution in [0.1, 0.15) is 50.9 Å². The first-order chi connectivity index (χ1) is 7.25. The molecule has 1 aromatic heterocycles. The van der Waals surface area contributed by atoms with E-state index in [0.717, 1.165) is 37.5 Å². The van der Waals surface area contributed by atoms with Crippen LogP contribution in [0.25, 0.3) is 0 Å². The maximum atomic E-state index is 5.26. The number of hydrogen-bond acceptors (Lipinski definition) is 4.